The molecule has 12 nitrogen and oxygen atoms in total. The molecule has 0 aliphatic rings. The Hall–Kier alpha value is -6.84. The summed E-state index contributed by atoms with van der Waals surface area (Å²) in [6.45, 7) is 34.6. The summed E-state index contributed by atoms with van der Waals surface area (Å²) in [6, 6.07) is 25.0. The van der Waals surface area contributed by atoms with Crippen molar-refractivity contribution in [3.63, 3.8) is 0 Å². The number of anilines is 3. The molecule has 0 spiro atoms. The van der Waals surface area contributed by atoms with Crippen molar-refractivity contribution < 1.29 is 28.6 Å². The van der Waals surface area contributed by atoms with E-state index in [1.807, 2.05) is 78.9 Å². The van der Waals surface area contributed by atoms with Crippen LogP contribution in [0.15, 0.2) is 89.8 Å². The van der Waals surface area contributed by atoms with E-state index in [0.717, 1.165) is 133 Å². The monoisotopic (exact) mass is 967 g/mol. The quantitative estimate of drug-likeness (QED) is 0.0192. The van der Waals surface area contributed by atoms with Gasteiger partial charge in [-0.3, -0.25) is 9.59 Å². The largest absolute Gasteiger partial charge is 0.470 e. The minimum atomic E-state index is -1.37. The van der Waals surface area contributed by atoms with E-state index >= 15 is 0 Å². The maximum Gasteiger partial charge on any atom is 0.348 e. The maximum atomic E-state index is 13.5. The molecular formula is C59H78N6O6. The van der Waals surface area contributed by atoms with Crippen LogP contribution in [0.1, 0.15) is 142 Å². The second kappa shape index (κ2) is 32.9. The van der Waals surface area contributed by atoms with Crippen molar-refractivity contribution in [2.75, 3.05) is 73.8 Å². The van der Waals surface area contributed by atoms with Gasteiger partial charge >= 0.3 is 17.9 Å². The first-order valence-corrected chi connectivity index (χ1v) is 25.8. The third-order valence-corrected chi connectivity index (χ3v) is 12.0. The van der Waals surface area contributed by atoms with Gasteiger partial charge in [-0.2, -0.15) is 5.26 Å². The van der Waals surface area contributed by atoms with Gasteiger partial charge in [0.2, 0.25) is 0 Å². The Morgan fingerprint density at radius 3 is 1.01 bits per heavy atom. The number of ether oxygens (including phenoxy) is 3. The fourth-order valence-corrected chi connectivity index (χ4v) is 7.51. The number of nitrogens with zero attached hydrogens (tertiary/aromatic N) is 6. The molecule has 0 saturated heterocycles. The van der Waals surface area contributed by atoms with Crippen molar-refractivity contribution >= 4 is 53.2 Å². The Labute approximate surface area is 425 Å². The third kappa shape index (κ3) is 20.6. The Morgan fingerprint density at radius 2 is 0.761 bits per heavy atom. The molecule has 3 aromatic carbocycles. The zero-order chi connectivity index (χ0) is 51.9. The minimum Gasteiger partial charge on any atom is -0.470 e. The van der Waals surface area contributed by atoms with Crippen LogP contribution in [-0.4, -0.2) is 77.0 Å². The van der Waals surface area contributed by atoms with Crippen LogP contribution in [0.25, 0.3) is 27.9 Å². The van der Waals surface area contributed by atoms with E-state index in [1.54, 1.807) is 6.92 Å². The first-order chi connectivity index (χ1) is 34.4. The zero-order valence-corrected chi connectivity index (χ0v) is 43.6. The summed E-state index contributed by atoms with van der Waals surface area (Å²) < 4.78 is 17.1. The summed E-state index contributed by atoms with van der Waals surface area (Å²) >= 11 is 0. The number of hydrogen-bond acceptors (Lipinski definition) is 10. The van der Waals surface area contributed by atoms with E-state index in [2.05, 4.69) is 65.9 Å². The summed E-state index contributed by atoms with van der Waals surface area (Å²) in [4.78, 5) is 54.6. The molecule has 12 heteroatoms. The van der Waals surface area contributed by atoms with Gasteiger partial charge in [0.15, 0.2) is 0 Å². The second-order valence-corrected chi connectivity index (χ2v) is 18.3. The summed E-state index contributed by atoms with van der Waals surface area (Å²) in [5.41, 5.74) is 2.94. The van der Waals surface area contributed by atoms with Crippen molar-refractivity contribution in [1.82, 2.24) is 0 Å². The van der Waals surface area contributed by atoms with Crippen molar-refractivity contribution in [3.8, 4) is 6.07 Å². The highest BCUT2D eigenvalue weighted by molar-refractivity contribution is 5.98. The van der Waals surface area contributed by atoms with Gasteiger partial charge < -0.3 is 28.9 Å². The highest BCUT2D eigenvalue weighted by atomic mass is 16.6. The standard InChI is InChI=1S/C59H78N6O6/c1-10-16-34-63(35-17-11-2)51-28-22-47(23-29-51)40-50(43-60)56(66)69-44-59(7,45-70-57(67)54(61-8)41-48-24-30-52(31-25-48)64(36-18-12-3)37-19-13-4)46-71-58(68)55(62-9)42-49-26-32-53(33-27-49)65(38-20-14-5)39-21-15-6/h22-33,40-42H,10-21,34-39,44-46H2,1-7H3/b50-40+,54-41-,55-42-. The van der Waals surface area contributed by atoms with Crippen molar-refractivity contribution in [1.29, 1.82) is 5.26 Å². The highest BCUT2D eigenvalue weighted by Crippen LogP contribution is 2.25. The lowest BCUT2D eigenvalue weighted by molar-refractivity contribution is -0.155. The second-order valence-electron chi connectivity index (χ2n) is 18.3. The van der Waals surface area contributed by atoms with Crippen LogP contribution in [0.2, 0.25) is 0 Å². The number of carbonyl (C=O) groups excluding carboxylic acids is 3. The van der Waals surface area contributed by atoms with Crippen molar-refractivity contribution in [2.24, 2.45) is 5.41 Å². The molecule has 0 fully saturated rings. The zero-order valence-electron chi connectivity index (χ0n) is 43.6. The molecule has 3 rings (SSSR count). The number of unbranched alkanes of at least 4 members (excludes halogenated alkanes) is 6. The van der Waals surface area contributed by atoms with Crippen molar-refractivity contribution in [3.05, 3.63) is 129 Å². The summed E-state index contributed by atoms with van der Waals surface area (Å²) in [5.74, 6) is -2.76. The molecule has 71 heavy (non-hydrogen) atoms. The molecule has 380 valence electrons. The first-order valence-electron chi connectivity index (χ1n) is 25.8. The topological polar surface area (TPSA) is 121 Å². The molecule has 0 aliphatic heterocycles. The third-order valence-electron chi connectivity index (χ3n) is 12.0. The summed E-state index contributed by atoms with van der Waals surface area (Å²) in [7, 11) is 0. The van der Waals surface area contributed by atoms with Gasteiger partial charge in [-0.1, -0.05) is 116 Å². The molecule has 0 N–H and O–H groups in total. The Balaban J connectivity index is 1.87. The lowest BCUT2D eigenvalue weighted by Crippen LogP contribution is -2.37. The van der Waals surface area contributed by atoms with Gasteiger partial charge in [-0.15, -0.1) is 0 Å². The van der Waals surface area contributed by atoms with Crippen LogP contribution in [0, 0.1) is 29.9 Å². The summed E-state index contributed by atoms with van der Waals surface area (Å²) in [6.07, 6.45) is 17.3. The van der Waals surface area contributed by atoms with E-state index in [4.69, 9.17) is 27.4 Å². The van der Waals surface area contributed by atoms with E-state index in [1.165, 1.54) is 18.2 Å². The van der Waals surface area contributed by atoms with Gasteiger partial charge in [-0.25, -0.2) is 14.5 Å². The fraction of sp³-hybridized carbons (Fsp3) is 0.492. The predicted molar refractivity (Wildman–Crippen MR) is 289 cm³/mol. The van der Waals surface area contributed by atoms with E-state index in [9.17, 15) is 19.6 Å². The molecule has 0 saturated carbocycles. The Bertz CT molecular complexity index is 2030. The summed E-state index contributed by atoms with van der Waals surface area (Å²) in [5, 5.41) is 10.1. The molecule has 0 aliphatic carbocycles. The van der Waals surface area contributed by atoms with Crippen LogP contribution in [0.3, 0.4) is 0 Å². The number of carbonyl (C=O) groups is 3. The van der Waals surface area contributed by atoms with Gasteiger partial charge in [0.25, 0.3) is 11.4 Å². The molecule has 0 aromatic heterocycles. The van der Waals surface area contributed by atoms with Crippen LogP contribution < -0.4 is 14.7 Å². The van der Waals surface area contributed by atoms with Gasteiger partial charge in [0.1, 0.15) is 31.5 Å². The van der Waals surface area contributed by atoms with Crippen LogP contribution in [-0.2, 0) is 28.6 Å². The van der Waals surface area contributed by atoms with E-state index < -0.39 is 43.1 Å². The average Bonchev–Trinajstić information content (AvgIpc) is 3.39. The molecule has 0 atom stereocenters. The van der Waals surface area contributed by atoms with Gasteiger partial charge in [0, 0.05) is 56.3 Å². The Morgan fingerprint density at radius 1 is 0.493 bits per heavy atom. The number of rotatable bonds is 33. The number of hydrogen-bond donors (Lipinski definition) is 0. The van der Waals surface area contributed by atoms with Crippen LogP contribution in [0.4, 0.5) is 17.1 Å². The molecule has 0 unspecified atom stereocenters. The fourth-order valence-electron chi connectivity index (χ4n) is 7.51. The van der Waals surface area contributed by atoms with E-state index in [0.29, 0.717) is 16.7 Å². The normalized spacial score (nSPS) is 12.4. The molecule has 0 amide bonds. The SMILES string of the molecule is [C-]#[N+]/C(=C\c1ccc(N(CCCC)CCCC)cc1)C(=O)OCC(C)(COC(=O)/C(=C/c1ccc(N(CCCC)CCCC)cc1)[N+]#[C-])COC(=O)/C(C#N)=C/c1ccc(N(CCCC)CCCC)cc1. The molecule has 3 aromatic rings. The van der Waals surface area contributed by atoms with Crippen molar-refractivity contribution in [2.45, 2.75) is 126 Å². The average molecular weight is 967 g/mol. The first kappa shape index (κ1) is 58.5. The number of nitriles is 1. The van der Waals surface area contributed by atoms with Gasteiger partial charge in [-0.05, 0) is 117 Å². The molecule has 0 heterocycles. The van der Waals surface area contributed by atoms with E-state index in [-0.39, 0.29) is 17.0 Å². The maximum absolute atomic E-state index is 13.5. The molecular weight excluding hydrogens is 889 g/mol. The van der Waals surface area contributed by atoms with Gasteiger partial charge in [0.05, 0.1) is 18.6 Å². The number of benzene rings is 3. The van der Waals surface area contributed by atoms with Crippen LogP contribution >= 0.6 is 0 Å². The minimum absolute atomic E-state index is 0.255. The predicted octanol–water partition coefficient (Wildman–Crippen LogP) is 13.4. The van der Waals surface area contributed by atoms with Crippen LogP contribution in [0.5, 0.6) is 0 Å². The lowest BCUT2D eigenvalue weighted by atomic mass is 9.94. The highest BCUT2D eigenvalue weighted by Gasteiger charge is 2.33. The smallest absolute Gasteiger partial charge is 0.348 e. The number of esters is 3. The molecule has 0 radical (unpaired) electrons. The Kier molecular flexibility index (Phi) is 27.1. The lowest BCUT2D eigenvalue weighted by Gasteiger charge is -2.28. The molecule has 0 bridgehead atoms.